The number of esters is 1. The molecule has 42 heavy (non-hydrogen) atoms. The fraction of sp³-hybridized carbons (Fsp3) is 0.586. The van der Waals surface area contributed by atoms with E-state index in [1.165, 1.54) is 18.7 Å². The van der Waals surface area contributed by atoms with Crippen LogP contribution in [-0.4, -0.2) is 81.5 Å². The van der Waals surface area contributed by atoms with E-state index in [1.807, 2.05) is 12.3 Å². The number of carbonyl (C=O) groups excluding carboxylic acids is 4. The number of amides is 3. The molecule has 0 aliphatic rings. The maximum absolute atomic E-state index is 13.3. The summed E-state index contributed by atoms with van der Waals surface area (Å²) in [6.45, 7) is 9.93. The first kappa shape index (κ1) is 36.8. The maximum Gasteiger partial charge on any atom is 0.326 e. The quantitative estimate of drug-likeness (QED) is 0.136. The van der Waals surface area contributed by atoms with Gasteiger partial charge in [-0.2, -0.15) is 11.8 Å². The summed E-state index contributed by atoms with van der Waals surface area (Å²) in [6, 6.07) is 4.82. The van der Waals surface area contributed by atoms with Crippen molar-refractivity contribution in [3.8, 4) is 0 Å². The van der Waals surface area contributed by atoms with Crippen molar-refractivity contribution in [3.63, 3.8) is 0 Å². The van der Waals surface area contributed by atoms with Crippen molar-refractivity contribution in [2.24, 2.45) is 5.92 Å². The molecule has 0 fully saturated rings. The SMILES string of the molecule is CSCC[C@H](NC(C)=O)C(=O)N[C@@H](CC(=O)OC(C)(C)C)C(=S)N[C@H](C(=O)N[C@@H](Cc1ccccc1)C(=O)O)C(C)C. The summed E-state index contributed by atoms with van der Waals surface area (Å²) in [7, 11) is 0. The van der Waals surface area contributed by atoms with Gasteiger partial charge in [0, 0.05) is 13.3 Å². The highest BCUT2D eigenvalue weighted by molar-refractivity contribution is 7.98. The highest BCUT2D eigenvalue weighted by atomic mass is 32.2. The average molecular weight is 625 g/mol. The number of carboxylic acids is 1. The van der Waals surface area contributed by atoms with E-state index in [9.17, 15) is 29.1 Å². The molecule has 234 valence electrons. The van der Waals surface area contributed by atoms with Crippen LogP contribution in [0.4, 0.5) is 0 Å². The Labute approximate surface area is 257 Å². The molecule has 1 aromatic carbocycles. The number of ether oxygens (including phenoxy) is 1. The van der Waals surface area contributed by atoms with E-state index >= 15 is 0 Å². The van der Waals surface area contributed by atoms with Gasteiger partial charge in [-0.15, -0.1) is 0 Å². The molecule has 0 aliphatic carbocycles. The number of benzene rings is 1. The van der Waals surface area contributed by atoms with Crippen LogP contribution in [0.3, 0.4) is 0 Å². The summed E-state index contributed by atoms with van der Waals surface area (Å²) < 4.78 is 5.43. The minimum atomic E-state index is -1.19. The summed E-state index contributed by atoms with van der Waals surface area (Å²) in [4.78, 5) is 62.9. The zero-order chi connectivity index (χ0) is 32.0. The average Bonchev–Trinajstić information content (AvgIpc) is 2.87. The number of hydrogen-bond donors (Lipinski definition) is 5. The Kier molecular flexibility index (Phi) is 15.5. The van der Waals surface area contributed by atoms with E-state index in [1.54, 1.807) is 58.9 Å². The number of aliphatic carboxylic acids is 1. The lowest BCUT2D eigenvalue weighted by atomic mass is 10.0. The van der Waals surface area contributed by atoms with Gasteiger partial charge in [0.15, 0.2) is 0 Å². The van der Waals surface area contributed by atoms with Gasteiger partial charge < -0.3 is 31.1 Å². The number of rotatable bonds is 16. The van der Waals surface area contributed by atoms with E-state index in [2.05, 4.69) is 21.3 Å². The van der Waals surface area contributed by atoms with Gasteiger partial charge in [-0.3, -0.25) is 19.2 Å². The third kappa shape index (κ3) is 14.1. The molecule has 0 aromatic heterocycles. The fourth-order valence-corrected chi connectivity index (χ4v) is 4.62. The number of carboxylic acid groups (broad SMARTS) is 1. The Morgan fingerprint density at radius 1 is 0.929 bits per heavy atom. The van der Waals surface area contributed by atoms with Crippen LogP contribution in [0.15, 0.2) is 30.3 Å². The lowest BCUT2D eigenvalue weighted by Crippen LogP contribution is -2.59. The van der Waals surface area contributed by atoms with Crippen LogP contribution in [0.25, 0.3) is 0 Å². The molecule has 1 rings (SSSR count). The highest BCUT2D eigenvalue weighted by Crippen LogP contribution is 2.12. The number of carbonyl (C=O) groups is 5. The molecule has 3 amide bonds. The molecule has 5 N–H and O–H groups in total. The molecule has 0 saturated heterocycles. The van der Waals surface area contributed by atoms with Gasteiger partial charge in [0.05, 0.1) is 17.5 Å². The highest BCUT2D eigenvalue weighted by Gasteiger charge is 2.32. The van der Waals surface area contributed by atoms with E-state index in [4.69, 9.17) is 17.0 Å². The first-order valence-electron chi connectivity index (χ1n) is 13.7. The molecule has 1 aromatic rings. The van der Waals surface area contributed by atoms with E-state index < -0.39 is 53.5 Å². The lowest BCUT2D eigenvalue weighted by molar-refractivity contribution is -0.155. The molecule has 11 nitrogen and oxygen atoms in total. The first-order chi connectivity index (χ1) is 19.5. The summed E-state index contributed by atoms with van der Waals surface area (Å²) in [5.74, 6) is -3.11. The number of hydrogen-bond acceptors (Lipinski definition) is 8. The molecule has 0 bridgehead atoms. The third-order valence-corrected chi connectivity index (χ3v) is 6.92. The second kappa shape index (κ2) is 17.7. The van der Waals surface area contributed by atoms with Crippen LogP contribution in [0, 0.1) is 5.92 Å². The third-order valence-electron chi connectivity index (χ3n) is 5.87. The minimum Gasteiger partial charge on any atom is -0.480 e. The maximum atomic E-state index is 13.3. The van der Waals surface area contributed by atoms with Gasteiger partial charge in [-0.25, -0.2) is 4.79 Å². The standard InChI is InChI=1S/C29H44N4O7S2/c1-17(2)24(26(37)32-22(28(38)39)15-19-11-9-8-10-12-19)33-27(41)21(16-23(35)40-29(4,5)6)31-25(36)20(13-14-42-7)30-18(3)34/h8-12,17,20-22,24H,13-16H2,1-7H3,(H,30,34)(H,31,36)(H,32,37)(H,33,41)(H,38,39)/t20-,21-,22-,24-/m0/s1. The molecule has 0 saturated carbocycles. The zero-order valence-electron chi connectivity index (χ0n) is 25.3. The predicted octanol–water partition coefficient (Wildman–Crippen LogP) is 2.21. The van der Waals surface area contributed by atoms with Crippen LogP contribution < -0.4 is 21.3 Å². The van der Waals surface area contributed by atoms with Crippen LogP contribution >= 0.6 is 24.0 Å². The Morgan fingerprint density at radius 3 is 2.02 bits per heavy atom. The summed E-state index contributed by atoms with van der Waals surface area (Å²) in [5.41, 5.74) is -0.0481. The van der Waals surface area contributed by atoms with Crippen LogP contribution in [0.2, 0.25) is 0 Å². The van der Waals surface area contributed by atoms with Gasteiger partial charge in [0.25, 0.3) is 0 Å². The predicted molar refractivity (Wildman–Crippen MR) is 167 cm³/mol. The smallest absolute Gasteiger partial charge is 0.326 e. The van der Waals surface area contributed by atoms with Crippen molar-refractivity contribution in [2.75, 3.05) is 12.0 Å². The zero-order valence-corrected chi connectivity index (χ0v) is 26.9. The molecule has 4 atom stereocenters. The number of thiocarbonyl (C=S) groups is 1. The molecular formula is C29H44N4O7S2. The van der Waals surface area contributed by atoms with Crippen molar-refractivity contribution >= 4 is 58.6 Å². The molecule has 0 aliphatic heterocycles. The molecular weight excluding hydrogens is 580 g/mol. The van der Waals surface area contributed by atoms with Gasteiger partial charge >= 0.3 is 11.9 Å². The van der Waals surface area contributed by atoms with Crippen molar-refractivity contribution in [3.05, 3.63) is 35.9 Å². The van der Waals surface area contributed by atoms with Gasteiger partial charge in [0.1, 0.15) is 23.7 Å². The summed E-state index contributed by atoms with van der Waals surface area (Å²) in [5, 5.41) is 20.6. The molecule has 0 spiro atoms. The van der Waals surface area contributed by atoms with Crippen molar-refractivity contribution in [1.29, 1.82) is 0 Å². The van der Waals surface area contributed by atoms with Gasteiger partial charge in [-0.1, -0.05) is 56.4 Å². The Bertz CT molecular complexity index is 1090. The van der Waals surface area contributed by atoms with E-state index in [0.717, 1.165) is 5.56 Å². The summed E-state index contributed by atoms with van der Waals surface area (Å²) in [6.07, 6.45) is 1.97. The molecule has 13 heteroatoms. The van der Waals surface area contributed by atoms with Crippen LogP contribution in [0.1, 0.15) is 59.9 Å². The van der Waals surface area contributed by atoms with E-state index in [0.29, 0.717) is 12.2 Å². The first-order valence-corrected chi connectivity index (χ1v) is 15.5. The second-order valence-electron chi connectivity index (χ2n) is 11.2. The molecule has 0 radical (unpaired) electrons. The second-order valence-corrected chi connectivity index (χ2v) is 12.6. The number of nitrogens with one attached hydrogen (secondary N) is 4. The topological polar surface area (TPSA) is 163 Å². The number of thioether (sulfide) groups is 1. The Balaban J connectivity index is 3.18. The molecule has 0 unspecified atom stereocenters. The van der Waals surface area contributed by atoms with Crippen molar-refractivity contribution < 1.29 is 33.8 Å². The van der Waals surface area contributed by atoms with E-state index in [-0.39, 0.29) is 29.7 Å². The summed E-state index contributed by atoms with van der Waals surface area (Å²) >= 11 is 7.09. The van der Waals surface area contributed by atoms with Crippen molar-refractivity contribution in [1.82, 2.24) is 21.3 Å². The normalized spacial score (nSPS) is 14.1. The van der Waals surface area contributed by atoms with Crippen LogP contribution in [-0.2, 0) is 35.1 Å². The monoisotopic (exact) mass is 624 g/mol. The Morgan fingerprint density at radius 2 is 1.52 bits per heavy atom. The molecule has 0 heterocycles. The Hall–Kier alpha value is -3.19. The lowest BCUT2D eigenvalue weighted by Gasteiger charge is -2.29. The van der Waals surface area contributed by atoms with Crippen LogP contribution in [0.5, 0.6) is 0 Å². The minimum absolute atomic E-state index is 0.00978. The van der Waals surface area contributed by atoms with Crippen molar-refractivity contribution in [2.45, 2.75) is 90.6 Å². The van der Waals surface area contributed by atoms with Gasteiger partial charge in [0.2, 0.25) is 17.7 Å². The largest absolute Gasteiger partial charge is 0.480 e. The fourth-order valence-electron chi connectivity index (χ4n) is 3.88. The van der Waals surface area contributed by atoms with Gasteiger partial charge in [-0.05, 0) is 50.7 Å².